The second-order valence-electron chi connectivity index (χ2n) is 5.97. The summed E-state index contributed by atoms with van der Waals surface area (Å²) in [5.41, 5.74) is 1.58. The van der Waals surface area contributed by atoms with Crippen molar-refractivity contribution < 1.29 is 18.9 Å². The predicted octanol–water partition coefficient (Wildman–Crippen LogP) is 2.46. The van der Waals surface area contributed by atoms with Crippen LogP contribution in [0.2, 0.25) is 0 Å². The van der Waals surface area contributed by atoms with E-state index in [2.05, 4.69) is 5.32 Å². The van der Waals surface area contributed by atoms with E-state index < -0.39 is 22.2 Å². The lowest BCUT2D eigenvalue weighted by atomic mass is 9.66. The van der Waals surface area contributed by atoms with Gasteiger partial charge in [-0.3, -0.25) is 13.8 Å². The number of hydrogen-bond donors (Lipinski definition) is 2. The molecule has 1 unspecified atom stereocenters. The van der Waals surface area contributed by atoms with Crippen molar-refractivity contribution in [1.82, 2.24) is 0 Å². The van der Waals surface area contributed by atoms with Crippen molar-refractivity contribution in [2.24, 2.45) is 5.41 Å². The zero-order valence-electron chi connectivity index (χ0n) is 12.8. The van der Waals surface area contributed by atoms with E-state index in [1.54, 1.807) is 18.4 Å². The number of benzene rings is 1. The minimum absolute atomic E-state index is 0.00566. The Balaban J connectivity index is 2.09. The summed E-state index contributed by atoms with van der Waals surface area (Å²) >= 11 is 0. The smallest absolute Gasteiger partial charge is 0.310 e. The zero-order valence-corrected chi connectivity index (χ0v) is 13.7. The lowest BCUT2D eigenvalue weighted by molar-refractivity contribution is -0.157. The molecule has 1 aromatic carbocycles. The lowest BCUT2D eigenvalue weighted by Gasteiger charge is -2.37. The van der Waals surface area contributed by atoms with Gasteiger partial charge in [0.1, 0.15) is 0 Å². The molecule has 1 fully saturated rings. The molecule has 6 heteroatoms. The van der Waals surface area contributed by atoms with Crippen LogP contribution in [0.3, 0.4) is 0 Å². The highest BCUT2D eigenvalue weighted by molar-refractivity contribution is 7.83. The number of aliphatic carboxylic acids is 1. The molecule has 1 aliphatic rings. The van der Waals surface area contributed by atoms with Gasteiger partial charge in [-0.15, -0.1) is 0 Å². The van der Waals surface area contributed by atoms with Gasteiger partial charge in [-0.1, -0.05) is 18.6 Å². The Morgan fingerprint density at radius 3 is 2.55 bits per heavy atom. The lowest BCUT2D eigenvalue weighted by Crippen LogP contribution is -2.41. The van der Waals surface area contributed by atoms with Gasteiger partial charge in [0.15, 0.2) is 0 Å². The summed E-state index contributed by atoms with van der Waals surface area (Å²) in [5.74, 6) is -0.727. The number of carbonyl (C=O) groups excluding carboxylic acids is 1. The third-order valence-electron chi connectivity index (χ3n) is 4.34. The Hall–Kier alpha value is -1.69. The summed E-state index contributed by atoms with van der Waals surface area (Å²) in [4.78, 5) is 23.5. The largest absolute Gasteiger partial charge is 0.481 e. The molecule has 0 bridgehead atoms. The van der Waals surface area contributed by atoms with Gasteiger partial charge in [0, 0.05) is 34.9 Å². The molecule has 5 nitrogen and oxygen atoms in total. The summed E-state index contributed by atoms with van der Waals surface area (Å²) < 4.78 is 11.4. The molecule has 0 heterocycles. The van der Waals surface area contributed by atoms with Crippen molar-refractivity contribution in [2.75, 3.05) is 11.6 Å². The van der Waals surface area contributed by atoms with Gasteiger partial charge in [-0.25, -0.2) is 0 Å². The summed E-state index contributed by atoms with van der Waals surface area (Å²) in [6.45, 7) is 1.87. The third kappa shape index (κ3) is 3.55. The average molecular weight is 323 g/mol. The van der Waals surface area contributed by atoms with Crippen molar-refractivity contribution >= 4 is 28.4 Å². The van der Waals surface area contributed by atoms with E-state index in [0.29, 0.717) is 24.3 Å². The Labute approximate surface area is 132 Å². The van der Waals surface area contributed by atoms with Crippen LogP contribution in [0.5, 0.6) is 0 Å². The Bertz CT molecular complexity index is 623. The van der Waals surface area contributed by atoms with E-state index in [0.717, 1.165) is 17.5 Å². The monoisotopic (exact) mass is 323 g/mol. The van der Waals surface area contributed by atoms with Crippen LogP contribution < -0.4 is 5.32 Å². The van der Waals surface area contributed by atoms with Crippen molar-refractivity contribution in [3.8, 4) is 0 Å². The van der Waals surface area contributed by atoms with Crippen LogP contribution in [0, 0.1) is 12.3 Å². The molecule has 2 N–H and O–H groups in total. The molecule has 0 spiro atoms. The molecule has 0 aliphatic heterocycles. The highest BCUT2D eigenvalue weighted by Crippen LogP contribution is 2.44. The van der Waals surface area contributed by atoms with E-state index in [1.165, 1.54) is 0 Å². The standard InChI is InChI=1S/C16H21NO4S/c1-11-12(10-22(2)21)5-3-6-13(11)17-14(18)9-16(15(19)20)7-4-8-16/h3,5-6H,4,7-10H2,1-2H3,(H,17,18)(H,19,20). The van der Waals surface area contributed by atoms with E-state index in [-0.39, 0.29) is 12.3 Å². The van der Waals surface area contributed by atoms with Crippen molar-refractivity contribution in [3.63, 3.8) is 0 Å². The second-order valence-corrected chi connectivity index (χ2v) is 7.41. The number of amides is 1. The third-order valence-corrected chi connectivity index (χ3v) is 5.06. The number of carboxylic acids is 1. The van der Waals surface area contributed by atoms with Crippen molar-refractivity contribution in [3.05, 3.63) is 29.3 Å². The Morgan fingerprint density at radius 2 is 2.05 bits per heavy atom. The topological polar surface area (TPSA) is 83.5 Å². The molecule has 1 saturated carbocycles. The van der Waals surface area contributed by atoms with E-state index in [4.69, 9.17) is 0 Å². The van der Waals surface area contributed by atoms with Gasteiger partial charge < -0.3 is 10.4 Å². The van der Waals surface area contributed by atoms with Gasteiger partial charge >= 0.3 is 5.97 Å². The molecular weight excluding hydrogens is 302 g/mol. The number of hydrogen-bond acceptors (Lipinski definition) is 3. The van der Waals surface area contributed by atoms with Gasteiger partial charge in [-0.2, -0.15) is 0 Å². The zero-order chi connectivity index (χ0) is 16.3. The normalized spacial score (nSPS) is 17.4. The first kappa shape index (κ1) is 16.7. The Morgan fingerprint density at radius 1 is 1.36 bits per heavy atom. The minimum Gasteiger partial charge on any atom is -0.481 e. The quantitative estimate of drug-likeness (QED) is 0.842. The van der Waals surface area contributed by atoms with Crippen LogP contribution >= 0.6 is 0 Å². The first-order valence-corrected chi connectivity index (χ1v) is 8.98. The fraction of sp³-hybridized carbons (Fsp3) is 0.500. The van der Waals surface area contributed by atoms with Crippen LogP contribution in [0.25, 0.3) is 0 Å². The van der Waals surface area contributed by atoms with E-state index in [9.17, 15) is 18.9 Å². The fourth-order valence-corrected chi connectivity index (χ4v) is 3.52. The van der Waals surface area contributed by atoms with Crippen LogP contribution in [0.15, 0.2) is 18.2 Å². The van der Waals surface area contributed by atoms with Crippen LogP contribution in [-0.2, 0) is 26.1 Å². The van der Waals surface area contributed by atoms with Crippen molar-refractivity contribution in [1.29, 1.82) is 0 Å². The molecule has 1 aromatic rings. The van der Waals surface area contributed by atoms with Crippen molar-refractivity contribution in [2.45, 2.75) is 38.4 Å². The summed E-state index contributed by atoms with van der Waals surface area (Å²) in [6, 6.07) is 5.47. The molecule has 22 heavy (non-hydrogen) atoms. The van der Waals surface area contributed by atoms with Gasteiger partial charge in [0.05, 0.1) is 5.41 Å². The molecule has 1 aliphatic carbocycles. The molecule has 1 amide bonds. The first-order valence-electron chi connectivity index (χ1n) is 7.26. The maximum absolute atomic E-state index is 12.2. The minimum atomic E-state index is -0.953. The van der Waals surface area contributed by atoms with E-state index in [1.807, 2.05) is 13.0 Å². The molecule has 2 rings (SSSR count). The number of rotatable bonds is 6. The molecule has 1 atom stereocenters. The number of nitrogens with one attached hydrogen (secondary N) is 1. The average Bonchev–Trinajstić information content (AvgIpc) is 2.37. The van der Waals surface area contributed by atoms with Gasteiger partial charge in [0.25, 0.3) is 0 Å². The van der Waals surface area contributed by atoms with Crippen LogP contribution in [0.4, 0.5) is 5.69 Å². The molecule has 0 saturated heterocycles. The highest BCUT2D eigenvalue weighted by atomic mass is 32.2. The summed E-state index contributed by atoms with van der Waals surface area (Å²) in [7, 11) is -0.953. The Kier molecular flexibility index (Phi) is 5.01. The molecule has 0 radical (unpaired) electrons. The fourth-order valence-electron chi connectivity index (χ4n) is 2.77. The highest BCUT2D eigenvalue weighted by Gasteiger charge is 2.45. The van der Waals surface area contributed by atoms with Crippen LogP contribution in [0.1, 0.15) is 36.8 Å². The number of carboxylic acid groups (broad SMARTS) is 1. The summed E-state index contributed by atoms with van der Waals surface area (Å²) in [6.07, 6.45) is 3.62. The predicted molar refractivity (Wildman–Crippen MR) is 86.1 cm³/mol. The SMILES string of the molecule is Cc1c(CS(C)=O)cccc1NC(=O)CC1(C(=O)O)CCC1. The maximum atomic E-state index is 12.2. The molecule has 0 aromatic heterocycles. The molecular formula is C16H21NO4S. The van der Waals surface area contributed by atoms with Gasteiger partial charge in [0.2, 0.25) is 5.91 Å². The van der Waals surface area contributed by atoms with Crippen LogP contribution in [-0.4, -0.2) is 27.4 Å². The van der Waals surface area contributed by atoms with Gasteiger partial charge in [-0.05, 0) is 37.0 Å². The van der Waals surface area contributed by atoms with E-state index >= 15 is 0 Å². The first-order chi connectivity index (χ1) is 10.3. The number of carbonyl (C=O) groups is 2. The second kappa shape index (κ2) is 6.60. The summed E-state index contributed by atoms with van der Waals surface area (Å²) in [5, 5.41) is 12.1. The number of anilines is 1. The maximum Gasteiger partial charge on any atom is 0.310 e. The molecule has 120 valence electrons.